The highest BCUT2D eigenvalue weighted by Gasteiger charge is 2.32. The fourth-order valence-electron chi connectivity index (χ4n) is 2.09. The molecule has 5 heteroatoms. The molecular weight excluding hydrogens is 196 g/mol. The third-order valence-electron chi connectivity index (χ3n) is 2.80. The summed E-state index contributed by atoms with van der Waals surface area (Å²) in [5, 5.41) is 26.7. The van der Waals surface area contributed by atoms with Gasteiger partial charge in [-0.05, 0) is 19.3 Å². The van der Waals surface area contributed by atoms with Gasteiger partial charge in [-0.2, -0.15) is 5.26 Å². The van der Waals surface area contributed by atoms with Crippen molar-refractivity contribution in [3.05, 3.63) is 0 Å². The summed E-state index contributed by atoms with van der Waals surface area (Å²) in [7, 11) is 0. The second-order valence-corrected chi connectivity index (χ2v) is 3.74. The van der Waals surface area contributed by atoms with Gasteiger partial charge in [0.1, 0.15) is 6.42 Å². The van der Waals surface area contributed by atoms with Crippen LogP contribution in [0.3, 0.4) is 0 Å². The molecule has 0 radical (unpaired) electrons. The minimum Gasteiger partial charge on any atom is -0.394 e. The van der Waals surface area contributed by atoms with Crippen LogP contribution in [-0.2, 0) is 4.79 Å². The molecule has 15 heavy (non-hydrogen) atoms. The third kappa shape index (κ3) is 2.67. The first kappa shape index (κ1) is 12.0. The second-order valence-electron chi connectivity index (χ2n) is 3.74. The van der Waals surface area contributed by atoms with Crippen LogP contribution in [0.5, 0.6) is 0 Å². The maximum absolute atomic E-state index is 11.6. The van der Waals surface area contributed by atoms with Crippen LogP contribution in [0.4, 0.5) is 0 Å². The lowest BCUT2D eigenvalue weighted by molar-refractivity contribution is -0.139. The smallest absolute Gasteiger partial charge is 0.237 e. The van der Waals surface area contributed by atoms with E-state index in [2.05, 4.69) is 0 Å². The van der Waals surface area contributed by atoms with Gasteiger partial charge < -0.3 is 15.1 Å². The average Bonchev–Trinajstić information content (AvgIpc) is 2.28. The van der Waals surface area contributed by atoms with Crippen molar-refractivity contribution in [2.24, 2.45) is 0 Å². The Bertz CT molecular complexity index is 250. The van der Waals surface area contributed by atoms with Gasteiger partial charge in [0.25, 0.3) is 0 Å². The molecule has 0 spiro atoms. The van der Waals surface area contributed by atoms with E-state index in [0.717, 1.165) is 19.3 Å². The molecule has 84 valence electrons. The molecule has 1 heterocycles. The quantitative estimate of drug-likeness (QED) is 0.668. The number of nitriles is 1. The number of rotatable bonds is 3. The normalized spacial score (nSPS) is 26.1. The van der Waals surface area contributed by atoms with Crippen molar-refractivity contribution in [1.82, 2.24) is 4.90 Å². The molecule has 2 unspecified atom stereocenters. The SMILES string of the molecule is N#CCC(=O)N1C(CO)CCCC1CO. The summed E-state index contributed by atoms with van der Waals surface area (Å²) < 4.78 is 0. The van der Waals surface area contributed by atoms with Gasteiger partial charge in [-0.3, -0.25) is 4.79 Å². The monoisotopic (exact) mass is 212 g/mol. The standard InChI is InChI=1S/C10H16N2O3/c11-5-4-10(15)12-8(6-13)2-1-3-9(12)7-14/h8-9,13-14H,1-4,6-7H2. The molecule has 5 nitrogen and oxygen atoms in total. The number of amides is 1. The number of hydrogen-bond donors (Lipinski definition) is 2. The summed E-state index contributed by atoms with van der Waals surface area (Å²) in [6, 6.07) is 1.32. The third-order valence-corrected chi connectivity index (χ3v) is 2.80. The van der Waals surface area contributed by atoms with Crippen LogP contribution in [0.1, 0.15) is 25.7 Å². The molecule has 0 aromatic carbocycles. The van der Waals surface area contributed by atoms with Gasteiger partial charge >= 0.3 is 0 Å². The van der Waals surface area contributed by atoms with Crippen molar-refractivity contribution in [1.29, 1.82) is 5.26 Å². The van der Waals surface area contributed by atoms with E-state index >= 15 is 0 Å². The zero-order chi connectivity index (χ0) is 11.3. The predicted molar refractivity (Wildman–Crippen MR) is 52.7 cm³/mol. The van der Waals surface area contributed by atoms with Crippen LogP contribution in [0, 0.1) is 11.3 Å². The molecule has 0 bridgehead atoms. The maximum Gasteiger partial charge on any atom is 0.237 e. The van der Waals surface area contributed by atoms with Gasteiger partial charge in [0.05, 0.1) is 31.4 Å². The van der Waals surface area contributed by atoms with Crippen molar-refractivity contribution < 1.29 is 15.0 Å². The summed E-state index contributed by atoms with van der Waals surface area (Å²) in [5.74, 6) is -0.296. The van der Waals surface area contributed by atoms with Gasteiger partial charge in [-0.25, -0.2) is 0 Å². The van der Waals surface area contributed by atoms with E-state index < -0.39 is 0 Å². The Hall–Kier alpha value is -1.12. The van der Waals surface area contributed by atoms with Gasteiger partial charge in [0, 0.05) is 0 Å². The van der Waals surface area contributed by atoms with E-state index in [9.17, 15) is 4.79 Å². The van der Waals surface area contributed by atoms with Crippen LogP contribution >= 0.6 is 0 Å². The van der Waals surface area contributed by atoms with Crippen molar-refractivity contribution in [3.63, 3.8) is 0 Å². The summed E-state index contributed by atoms with van der Waals surface area (Å²) in [4.78, 5) is 13.1. The van der Waals surface area contributed by atoms with Gasteiger partial charge in [0.2, 0.25) is 5.91 Å². The first-order valence-corrected chi connectivity index (χ1v) is 5.14. The molecule has 0 aliphatic carbocycles. The molecule has 1 rings (SSSR count). The topological polar surface area (TPSA) is 84.6 Å². The molecule has 2 atom stereocenters. The average molecular weight is 212 g/mol. The fraction of sp³-hybridized carbons (Fsp3) is 0.800. The first-order valence-electron chi connectivity index (χ1n) is 5.14. The Morgan fingerprint density at radius 2 is 1.87 bits per heavy atom. The van der Waals surface area contributed by atoms with Crippen molar-refractivity contribution in [2.75, 3.05) is 13.2 Å². The van der Waals surface area contributed by atoms with Crippen molar-refractivity contribution >= 4 is 5.91 Å². The first-order chi connectivity index (χ1) is 7.24. The van der Waals surface area contributed by atoms with E-state index in [-0.39, 0.29) is 37.6 Å². The number of piperidine rings is 1. The minimum absolute atomic E-state index is 0.104. The van der Waals surface area contributed by atoms with Crippen molar-refractivity contribution in [2.45, 2.75) is 37.8 Å². The largest absolute Gasteiger partial charge is 0.394 e. The Morgan fingerprint density at radius 1 is 1.33 bits per heavy atom. The van der Waals surface area contributed by atoms with Crippen LogP contribution in [0.2, 0.25) is 0 Å². The maximum atomic E-state index is 11.6. The molecular formula is C10H16N2O3. The van der Waals surface area contributed by atoms with Crippen LogP contribution in [-0.4, -0.2) is 46.3 Å². The molecule has 2 N–H and O–H groups in total. The van der Waals surface area contributed by atoms with E-state index in [1.54, 1.807) is 6.07 Å². The molecule has 1 fully saturated rings. The number of hydrogen-bond acceptors (Lipinski definition) is 4. The predicted octanol–water partition coefficient (Wildman–Crippen LogP) is -0.366. The summed E-state index contributed by atoms with van der Waals surface area (Å²) >= 11 is 0. The molecule has 1 amide bonds. The van der Waals surface area contributed by atoms with Crippen LogP contribution < -0.4 is 0 Å². The molecule has 1 saturated heterocycles. The Balaban J connectivity index is 2.74. The van der Waals surface area contributed by atoms with Gasteiger partial charge in [0.15, 0.2) is 0 Å². The molecule has 1 aliphatic heterocycles. The fourth-order valence-corrected chi connectivity index (χ4v) is 2.09. The van der Waals surface area contributed by atoms with Gasteiger partial charge in [-0.15, -0.1) is 0 Å². The number of carbonyl (C=O) groups is 1. The molecule has 0 aromatic rings. The van der Waals surface area contributed by atoms with E-state index in [1.807, 2.05) is 0 Å². The lowest BCUT2D eigenvalue weighted by atomic mass is 9.96. The molecule has 0 saturated carbocycles. The second kappa shape index (κ2) is 5.69. The van der Waals surface area contributed by atoms with E-state index in [1.165, 1.54) is 4.90 Å². The Kier molecular flexibility index (Phi) is 4.53. The summed E-state index contributed by atoms with van der Waals surface area (Å²) in [6.45, 7) is -0.207. The molecule has 1 aliphatic rings. The Morgan fingerprint density at radius 3 is 2.27 bits per heavy atom. The number of aliphatic hydroxyl groups excluding tert-OH is 2. The van der Waals surface area contributed by atoms with Gasteiger partial charge in [-0.1, -0.05) is 0 Å². The number of carbonyl (C=O) groups excluding carboxylic acids is 1. The zero-order valence-electron chi connectivity index (χ0n) is 8.59. The highest BCUT2D eigenvalue weighted by molar-refractivity contribution is 5.79. The zero-order valence-corrected chi connectivity index (χ0v) is 8.59. The van der Waals surface area contributed by atoms with Crippen LogP contribution in [0.15, 0.2) is 0 Å². The summed E-state index contributed by atoms with van der Waals surface area (Å²) in [5.41, 5.74) is 0. The minimum atomic E-state index is -0.296. The summed E-state index contributed by atoms with van der Waals surface area (Å²) in [6.07, 6.45) is 2.19. The van der Waals surface area contributed by atoms with Crippen molar-refractivity contribution in [3.8, 4) is 6.07 Å². The lowest BCUT2D eigenvalue weighted by Crippen LogP contribution is -2.52. The Labute approximate surface area is 88.9 Å². The number of likely N-dealkylation sites (tertiary alicyclic amines) is 1. The number of aliphatic hydroxyl groups is 2. The number of nitrogens with zero attached hydrogens (tertiary/aromatic N) is 2. The highest BCUT2D eigenvalue weighted by Crippen LogP contribution is 2.23. The molecule has 0 aromatic heterocycles. The van der Waals surface area contributed by atoms with E-state index in [4.69, 9.17) is 15.5 Å². The van der Waals surface area contributed by atoms with E-state index in [0.29, 0.717) is 0 Å². The van der Waals surface area contributed by atoms with Crippen LogP contribution in [0.25, 0.3) is 0 Å². The highest BCUT2D eigenvalue weighted by atomic mass is 16.3. The lowest BCUT2D eigenvalue weighted by Gasteiger charge is -2.40.